The van der Waals surface area contributed by atoms with Gasteiger partial charge in [0.25, 0.3) is 0 Å². The fourth-order valence-corrected chi connectivity index (χ4v) is 4.26. The van der Waals surface area contributed by atoms with Crippen molar-refractivity contribution in [2.75, 3.05) is 11.9 Å². The molecule has 0 atom stereocenters. The second kappa shape index (κ2) is 7.84. The highest BCUT2D eigenvalue weighted by Gasteiger charge is 2.17. The number of aromatic nitrogens is 2. The topological polar surface area (TPSA) is 29.0 Å². The third-order valence-electron chi connectivity index (χ3n) is 5.31. The molecule has 0 aliphatic rings. The molecule has 3 nitrogen and oxygen atoms in total. The van der Waals surface area contributed by atoms with E-state index in [1.54, 1.807) is 0 Å². The normalized spacial score (nSPS) is 11.1. The van der Waals surface area contributed by atoms with Gasteiger partial charge in [0.15, 0.2) is 5.82 Å². The Morgan fingerprint density at radius 1 is 0.828 bits per heavy atom. The number of hydrogen-bond acceptors (Lipinski definition) is 3. The van der Waals surface area contributed by atoms with E-state index in [0.29, 0.717) is 6.54 Å². The molecule has 0 amide bonds. The Morgan fingerprint density at radius 2 is 1.45 bits per heavy atom. The average molecular weight is 402 g/mol. The molecule has 4 aromatic rings. The molecule has 0 unspecified atom stereocenters. The quantitative estimate of drug-likeness (QED) is 0.390. The number of nitrogens with zero attached hydrogens (tertiary/aromatic N) is 3. The van der Waals surface area contributed by atoms with E-state index >= 15 is 0 Å². The first-order valence-corrected chi connectivity index (χ1v) is 10.1. The van der Waals surface area contributed by atoms with Crippen LogP contribution in [-0.2, 0) is 6.54 Å². The zero-order chi connectivity index (χ0) is 20.5. The monoisotopic (exact) mass is 401 g/mol. The minimum Gasteiger partial charge on any atom is -0.353 e. The Morgan fingerprint density at radius 3 is 2.14 bits per heavy atom. The highest BCUT2D eigenvalue weighted by molar-refractivity contribution is 6.31. The molecule has 0 aliphatic heterocycles. The number of hydrogen-bond donors (Lipinski definition) is 0. The molecule has 29 heavy (non-hydrogen) atoms. The van der Waals surface area contributed by atoms with E-state index in [2.05, 4.69) is 72.3 Å². The van der Waals surface area contributed by atoms with Crippen LogP contribution in [0.2, 0.25) is 5.02 Å². The molecule has 0 fully saturated rings. The van der Waals surface area contributed by atoms with Crippen LogP contribution in [0.5, 0.6) is 0 Å². The van der Waals surface area contributed by atoms with E-state index < -0.39 is 0 Å². The van der Waals surface area contributed by atoms with Crippen LogP contribution in [0.3, 0.4) is 0 Å². The number of benzene rings is 3. The number of fused-ring (bicyclic) bond motifs is 1. The Kier molecular flexibility index (Phi) is 5.25. The molecule has 0 spiro atoms. The summed E-state index contributed by atoms with van der Waals surface area (Å²) in [5.41, 5.74) is 6.87. The third kappa shape index (κ3) is 3.70. The molecule has 0 N–H and O–H groups in total. The van der Waals surface area contributed by atoms with Gasteiger partial charge in [-0.2, -0.15) is 0 Å². The lowest BCUT2D eigenvalue weighted by molar-refractivity contribution is 0.877. The summed E-state index contributed by atoms with van der Waals surface area (Å²) >= 11 is 6.36. The summed E-state index contributed by atoms with van der Waals surface area (Å²) in [5, 5.41) is 12.3. The molecule has 0 aliphatic carbocycles. The summed E-state index contributed by atoms with van der Waals surface area (Å²) in [5.74, 6) is 0.853. The van der Waals surface area contributed by atoms with Crippen LogP contribution in [0.25, 0.3) is 22.0 Å². The Balaban J connectivity index is 1.84. The van der Waals surface area contributed by atoms with Gasteiger partial charge in [-0.3, -0.25) is 0 Å². The lowest BCUT2D eigenvalue weighted by Gasteiger charge is -2.21. The van der Waals surface area contributed by atoms with Crippen molar-refractivity contribution in [1.29, 1.82) is 0 Å². The molecule has 0 bridgehead atoms. The minimum atomic E-state index is 0.667. The van der Waals surface area contributed by atoms with E-state index in [1.807, 2.05) is 31.3 Å². The van der Waals surface area contributed by atoms with Crippen LogP contribution < -0.4 is 4.90 Å². The van der Waals surface area contributed by atoms with Gasteiger partial charge in [0.05, 0.1) is 0 Å². The van der Waals surface area contributed by atoms with Gasteiger partial charge in [-0.1, -0.05) is 71.8 Å². The van der Waals surface area contributed by atoms with Gasteiger partial charge >= 0.3 is 0 Å². The number of rotatable bonds is 4. The Labute approximate surface area is 177 Å². The van der Waals surface area contributed by atoms with E-state index in [0.717, 1.165) is 32.9 Å². The SMILES string of the molecule is Cc1cc(C)c(-c2nnc(N(C)Cc3ccccc3Cl)c3ccccc23)c(C)c1. The number of anilines is 1. The average Bonchev–Trinajstić information content (AvgIpc) is 2.69. The van der Waals surface area contributed by atoms with Crippen molar-refractivity contribution >= 4 is 28.2 Å². The zero-order valence-electron chi connectivity index (χ0n) is 17.2. The van der Waals surface area contributed by atoms with Gasteiger partial charge in [0, 0.05) is 35.0 Å². The van der Waals surface area contributed by atoms with Crippen molar-refractivity contribution in [2.24, 2.45) is 0 Å². The molecule has 1 aromatic heterocycles. The van der Waals surface area contributed by atoms with Crippen molar-refractivity contribution in [2.45, 2.75) is 27.3 Å². The lowest BCUT2D eigenvalue weighted by atomic mass is 9.94. The summed E-state index contributed by atoms with van der Waals surface area (Å²) in [7, 11) is 2.03. The minimum absolute atomic E-state index is 0.667. The molecule has 1 heterocycles. The second-order valence-corrected chi connectivity index (χ2v) is 8.05. The molecular weight excluding hydrogens is 378 g/mol. The van der Waals surface area contributed by atoms with Crippen molar-refractivity contribution in [3.63, 3.8) is 0 Å². The first kappa shape index (κ1) is 19.4. The second-order valence-electron chi connectivity index (χ2n) is 7.64. The summed E-state index contributed by atoms with van der Waals surface area (Å²) < 4.78 is 0. The molecule has 0 saturated carbocycles. The fraction of sp³-hybridized carbons (Fsp3) is 0.200. The van der Waals surface area contributed by atoms with Crippen LogP contribution in [0.15, 0.2) is 60.7 Å². The third-order valence-corrected chi connectivity index (χ3v) is 5.68. The van der Waals surface area contributed by atoms with Gasteiger partial charge in [0.1, 0.15) is 5.69 Å². The van der Waals surface area contributed by atoms with E-state index in [9.17, 15) is 0 Å². The molecule has 0 saturated heterocycles. The first-order chi connectivity index (χ1) is 14.0. The highest BCUT2D eigenvalue weighted by Crippen LogP contribution is 2.35. The van der Waals surface area contributed by atoms with E-state index in [4.69, 9.17) is 11.6 Å². The van der Waals surface area contributed by atoms with Crippen molar-refractivity contribution in [3.05, 3.63) is 87.9 Å². The standard InChI is InChI=1S/C25H24ClN3/c1-16-13-17(2)23(18(3)14-16)24-20-10-6-7-11-21(20)25(28-27-24)29(4)15-19-9-5-8-12-22(19)26/h5-14H,15H2,1-4H3. The maximum absolute atomic E-state index is 6.36. The molecule has 4 rings (SSSR count). The lowest BCUT2D eigenvalue weighted by Crippen LogP contribution is -2.19. The van der Waals surface area contributed by atoms with E-state index in [1.165, 1.54) is 22.3 Å². The van der Waals surface area contributed by atoms with Crippen molar-refractivity contribution in [3.8, 4) is 11.3 Å². The van der Waals surface area contributed by atoms with Crippen molar-refractivity contribution in [1.82, 2.24) is 10.2 Å². The van der Waals surface area contributed by atoms with Gasteiger partial charge in [-0.15, -0.1) is 10.2 Å². The molecule has 146 valence electrons. The highest BCUT2D eigenvalue weighted by atomic mass is 35.5. The predicted molar refractivity (Wildman–Crippen MR) is 123 cm³/mol. The molecular formula is C25H24ClN3. The fourth-order valence-electron chi connectivity index (χ4n) is 4.07. The van der Waals surface area contributed by atoms with Gasteiger partial charge < -0.3 is 4.90 Å². The summed E-state index contributed by atoms with van der Waals surface area (Å²) in [6.45, 7) is 7.08. The summed E-state index contributed by atoms with van der Waals surface area (Å²) in [6, 6.07) is 20.7. The zero-order valence-corrected chi connectivity index (χ0v) is 18.0. The van der Waals surface area contributed by atoms with Crippen LogP contribution in [-0.4, -0.2) is 17.2 Å². The smallest absolute Gasteiger partial charge is 0.159 e. The molecule has 3 aromatic carbocycles. The van der Waals surface area contributed by atoms with Crippen LogP contribution in [0, 0.1) is 20.8 Å². The maximum Gasteiger partial charge on any atom is 0.159 e. The van der Waals surface area contributed by atoms with Gasteiger partial charge in [0.2, 0.25) is 0 Å². The van der Waals surface area contributed by atoms with Gasteiger partial charge in [-0.25, -0.2) is 0 Å². The molecule has 4 heteroatoms. The largest absolute Gasteiger partial charge is 0.353 e. The van der Waals surface area contributed by atoms with Gasteiger partial charge in [-0.05, 0) is 43.5 Å². The van der Waals surface area contributed by atoms with Crippen LogP contribution >= 0.6 is 11.6 Å². The molecule has 0 radical (unpaired) electrons. The first-order valence-electron chi connectivity index (χ1n) is 9.74. The Bertz CT molecular complexity index is 1180. The van der Waals surface area contributed by atoms with Crippen molar-refractivity contribution < 1.29 is 0 Å². The maximum atomic E-state index is 6.36. The van der Waals surface area contributed by atoms with E-state index in [-0.39, 0.29) is 0 Å². The predicted octanol–water partition coefficient (Wildman–Crippen LogP) is 6.51. The number of halogens is 1. The summed E-state index contributed by atoms with van der Waals surface area (Å²) in [4.78, 5) is 2.11. The Hall–Kier alpha value is -2.91. The number of aryl methyl sites for hydroxylation is 3. The van der Waals surface area contributed by atoms with Crippen LogP contribution in [0.4, 0.5) is 5.82 Å². The van der Waals surface area contributed by atoms with Crippen LogP contribution in [0.1, 0.15) is 22.3 Å². The summed E-state index contributed by atoms with van der Waals surface area (Å²) in [6.07, 6.45) is 0.